The Morgan fingerprint density at radius 3 is 2.64 bits per heavy atom. The summed E-state index contributed by atoms with van der Waals surface area (Å²) in [5, 5.41) is 10.7. The summed E-state index contributed by atoms with van der Waals surface area (Å²) in [6, 6.07) is 0. The predicted molar refractivity (Wildman–Crippen MR) is 103 cm³/mol. The molecular formula is C22H32O6. The molecule has 0 saturated carbocycles. The summed E-state index contributed by atoms with van der Waals surface area (Å²) in [7, 11) is 0. The smallest absolute Gasteiger partial charge is 0.334 e. The van der Waals surface area contributed by atoms with Gasteiger partial charge in [0.2, 0.25) is 0 Å². The lowest BCUT2D eigenvalue weighted by molar-refractivity contribution is -0.193. The third kappa shape index (κ3) is 4.03. The summed E-state index contributed by atoms with van der Waals surface area (Å²) >= 11 is 0. The van der Waals surface area contributed by atoms with E-state index < -0.39 is 29.4 Å². The number of esters is 2. The molecule has 0 radical (unpaired) electrons. The maximum absolute atomic E-state index is 12.7. The highest BCUT2D eigenvalue weighted by molar-refractivity contribution is 5.89. The highest BCUT2D eigenvalue weighted by atomic mass is 16.6. The minimum Gasteiger partial charge on any atom is -0.459 e. The van der Waals surface area contributed by atoms with Crippen molar-refractivity contribution in [2.24, 2.45) is 5.92 Å². The van der Waals surface area contributed by atoms with E-state index in [0.29, 0.717) is 37.7 Å². The Bertz CT molecular complexity index is 697. The van der Waals surface area contributed by atoms with Crippen molar-refractivity contribution in [3.63, 3.8) is 0 Å². The van der Waals surface area contributed by atoms with Gasteiger partial charge in [0.25, 0.3) is 0 Å². The Kier molecular flexibility index (Phi) is 5.74. The number of carbonyl (C=O) groups is 2. The first kappa shape index (κ1) is 21.1. The number of hydrogen-bond donors (Lipinski definition) is 1. The van der Waals surface area contributed by atoms with Gasteiger partial charge in [-0.05, 0) is 64.4 Å². The summed E-state index contributed by atoms with van der Waals surface area (Å²) in [5.41, 5.74) is -0.229. The van der Waals surface area contributed by atoms with Crippen LogP contribution in [0.1, 0.15) is 66.2 Å². The molecule has 0 aromatic rings. The Balaban J connectivity index is 2.00. The van der Waals surface area contributed by atoms with Gasteiger partial charge in [0.05, 0.1) is 12.2 Å². The van der Waals surface area contributed by atoms with E-state index in [9.17, 15) is 14.7 Å². The average molecular weight is 392 g/mol. The first-order valence-corrected chi connectivity index (χ1v) is 10.2. The van der Waals surface area contributed by atoms with Crippen LogP contribution < -0.4 is 0 Å². The monoisotopic (exact) mass is 392 g/mol. The molecule has 0 aromatic carbocycles. The van der Waals surface area contributed by atoms with Crippen molar-refractivity contribution in [2.75, 3.05) is 0 Å². The van der Waals surface area contributed by atoms with Gasteiger partial charge in [0, 0.05) is 18.9 Å². The van der Waals surface area contributed by atoms with Crippen LogP contribution in [-0.2, 0) is 23.8 Å². The van der Waals surface area contributed by atoms with Gasteiger partial charge in [-0.3, -0.25) is 4.79 Å². The molecule has 6 atom stereocenters. The van der Waals surface area contributed by atoms with Crippen LogP contribution in [0.25, 0.3) is 0 Å². The van der Waals surface area contributed by atoms with Crippen LogP contribution in [0.2, 0.25) is 0 Å². The number of fused-ring (bicyclic) bond motifs is 6. The summed E-state index contributed by atoms with van der Waals surface area (Å²) < 4.78 is 17.9. The van der Waals surface area contributed by atoms with Crippen LogP contribution >= 0.6 is 0 Å². The molecule has 2 fully saturated rings. The van der Waals surface area contributed by atoms with Crippen LogP contribution in [-0.4, -0.2) is 46.6 Å². The molecule has 28 heavy (non-hydrogen) atoms. The molecule has 6 nitrogen and oxygen atoms in total. The lowest BCUT2D eigenvalue weighted by atomic mass is 9.83. The second-order valence-electron chi connectivity index (χ2n) is 8.95. The molecule has 3 aliphatic rings. The summed E-state index contributed by atoms with van der Waals surface area (Å²) in [4.78, 5) is 24.4. The van der Waals surface area contributed by atoms with Crippen LogP contribution in [0, 0.1) is 5.92 Å². The normalized spacial score (nSPS) is 41.8. The lowest BCUT2D eigenvalue weighted by Gasteiger charge is -2.37. The van der Waals surface area contributed by atoms with Gasteiger partial charge >= 0.3 is 11.9 Å². The number of aliphatic hydroxyl groups is 1. The van der Waals surface area contributed by atoms with Crippen LogP contribution in [0.3, 0.4) is 0 Å². The van der Waals surface area contributed by atoms with Crippen molar-refractivity contribution in [3.8, 4) is 0 Å². The largest absolute Gasteiger partial charge is 0.459 e. The fourth-order valence-electron chi connectivity index (χ4n) is 4.65. The molecule has 0 aliphatic carbocycles. The first-order valence-electron chi connectivity index (χ1n) is 10.2. The summed E-state index contributed by atoms with van der Waals surface area (Å²) in [6.45, 7) is 11.1. The minimum atomic E-state index is -0.769. The first-order chi connectivity index (χ1) is 13.0. The predicted octanol–water partition coefficient (Wildman–Crippen LogP) is 3.22. The number of rotatable bonds is 1. The molecule has 156 valence electrons. The average Bonchev–Trinajstić information content (AvgIpc) is 2.99. The van der Waals surface area contributed by atoms with E-state index in [1.54, 1.807) is 0 Å². The standard InChI is InChI=1S/C22H32O6/c1-13-6-7-18(26-15(3)23)21(4)11-9-19(27-21)22(5)10-8-16(12-17(13)24)14(2)20(25)28-22/h6,16-19,24H,2,7-12H2,1,3-5H3. The van der Waals surface area contributed by atoms with Gasteiger partial charge in [-0.15, -0.1) is 0 Å². The van der Waals surface area contributed by atoms with Crippen molar-refractivity contribution in [3.05, 3.63) is 23.8 Å². The second kappa shape index (κ2) is 7.64. The molecule has 2 saturated heterocycles. The Hall–Kier alpha value is -1.66. The van der Waals surface area contributed by atoms with E-state index in [1.807, 2.05) is 26.8 Å². The molecular weight excluding hydrogens is 360 g/mol. The molecule has 1 N–H and O–H groups in total. The molecule has 0 amide bonds. The Morgan fingerprint density at radius 2 is 1.96 bits per heavy atom. The maximum Gasteiger partial charge on any atom is 0.334 e. The van der Waals surface area contributed by atoms with Crippen LogP contribution in [0.15, 0.2) is 23.8 Å². The molecule has 0 aromatic heterocycles. The van der Waals surface area contributed by atoms with Gasteiger partial charge in [0.15, 0.2) is 0 Å². The van der Waals surface area contributed by atoms with Gasteiger partial charge in [-0.1, -0.05) is 12.7 Å². The van der Waals surface area contributed by atoms with Crippen molar-refractivity contribution in [1.29, 1.82) is 0 Å². The highest BCUT2D eigenvalue weighted by Gasteiger charge is 2.52. The molecule has 3 heterocycles. The van der Waals surface area contributed by atoms with E-state index in [2.05, 4.69) is 6.58 Å². The number of ether oxygens (including phenoxy) is 3. The van der Waals surface area contributed by atoms with Gasteiger partial charge in [0.1, 0.15) is 17.3 Å². The third-order valence-corrected chi connectivity index (χ3v) is 6.74. The number of carbonyl (C=O) groups excluding carboxylic acids is 2. The van der Waals surface area contributed by atoms with Crippen LogP contribution in [0.5, 0.6) is 0 Å². The van der Waals surface area contributed by atoms with Crippen molar-refractivity contribution >= 4 is 11.9 Å². The second-order valence-corrected chi connectivity index (χ2v) is 8.95. The van der Waals surface area contributed by atoms with E-state index in [1.165, 1.54) is 6.92 Å². The molecule has 4 bridgehead atoms. The van der Waals surface area contributed by atoms with Gasteiger partial charge in [-0.25, -0.2) is 4.79 Å². The lowest BCUT2D eigenvalue weighted by Crippen LogP contribution is -2.47. The summed E-state index contributed by atoms with van der Waals surface area (Å²) in [5.74, 6) is -0.907. The van der Waals surface area contributed by atoms with Crippen LogP contribution in [0.4, 0.5) is 0 Å². The molecule has 0 spiro atoms. The zero-order chi connectivity index (χ0) is 20.7. The number of aliphatic hydroxyl groups excluding tert-OH is 1. The van der Waals surface area contributed by atoms with E-state index >= 15 is 0 Å². The maximum atomic E-state index is 12.7. The fourth-order valence-corrected chi connectivity index (χ4v) is 4.65. The molecule has 6 heteroatoms. The van der Waals surface area contributed by atoms with Gasteiger partial charge in [-0.2, -0.15) is 0 Å². The highest BCUT2D eigenvalue weighted by Crippen LogP contribution is 2.45. The molecule has 3 aliphatic heterocycles. The quantitative estimate of drug-likeness (QED) is 0.419. The van der Waals surface area contributed by atoms with Crippen molar-refractivity contribution in [1.82, 2.24) is 0 Å². The van der Waals surface area contributed by atoms with Crippen molar-refractivity contribution < 1.29 is 28.9 Å². The van der Waals surface area contributed by atoms with E-state index in [4.69, 9.17) is 14.2 Å². The van der Waals surface area contributed by atoms with E-state index in [0.717, 1.165) is 12.0 Å². The van der Waals surface area contributed by atoms with Crippen molar-refractivity contribution in [2.45, 2.75) is 95.7 Å². The number of hydrogen-bond acceptors (Lipinski definition) is 6. The molecule has 6 unspecified atom stereocenters. The SMILES string of the molecule is C=C1C(=O)OC2(C)CCC1CC(O)C(C)=CCC(OC(C)=O)C1(C)CCC2O1. The zero-order valence-corrected chi connectivity index (χ0v) is 17.3. The summed E-state index contributed by atoms with van der Waals surface area (Å²) in [6.07, 6.45) is 4.13. The Labute approximate surface area is 166 Å². The Morgan fingerprint density at radius 1 is 1.29 bits per heavy atom. The van der Waals surface area contributed by atoms with E-state index in [-0.39, 0.29) is 18.0 Å². The topological polar surface area (TPSA) is 82.1 Å². The zero-order valence-electron chi connectivity index (χ0n) is 17.3. The van der Waals surface area contributed by atoms with Gasteiger partial charge < -0.3 is 19.3 Å². The minimum absolute atomic E-state index is 0.134. The molecule has 3 rings (SSSR count). The fraction of sp³-hybridized carbons (Fsp3) is 0.727. The third-order valence-electron chi connectivity index (χ3n) is 6.74.